The Bertz CT molecular complexity index is 1400. The molecule has 40 heavy (non-hydrogen) atoms. The van der Waals surface area contributed by atoms with Gasteiger partial charge in [-0.15, -0.1) is 0 Å². The summed E-state index contributed by atoms with van der Waals surface area (Å²) in [5.74, 6) is 1.66. The molecule has 0 N–H and O–H groups in total. The van der Waals surface area contributed by atoms with Gasteiger partial charge in [0.25, 0.3) is 0 Å². The van der Waals surface area contributed by atoms with Gasteiger partial charge in [0.15, 0.2) is 0 Å². The molecule has 3 aromatic rings. The van der Waals surface area contributed by atoms with E-state index in [1.165, 1.54) is 29.7 Å². The number of anilines is 1. The smallest absolute Gasteiger partial charge is 0.146 e. The van der Waals surface area contributed by atoms with Gasteiger partial charge in [-0.05, 0) is 92.0 Å². The average molecular weight is 556 g/mol. The number of ether oxygens (including phenoxy) is 1. The lowest BCUT2D eigenvalue weighted by Crippen LogP contribution is -2.47. The highest BCUT2D eigenvalue weighted by molar-refractivity contribution is 6.30. The van der Waals surface area contributed by atoms with Crippen LogP contribution in [0.15, 0.2) is 66.4 Å². The van der Waals surface area contributed by atoms with Gasteiger partial charge in [-0.3, -0.25) is 9.88 Å². The first kappa shape index (κ1) is 28.4. The molecule has 0 saturated carbocycles. The molecule has 2 aromatic carbocycles. The van der Waals surface area contributed by atoms with Crippen LogP contribution in [0.5, 0.6) is 11.5 Å². The Morgan fingerprint density at radius 1 is 1.00 bits per heavy atom. The number of aromatic nitrogens is 1. The van der Waals surface area contributed by atoms with Crippen LogP contribution in [0.4, 0.5) is 5.69 Å². The average Bonchev–Trinajstić information content (AvgIpc) is 2.94. The van der Waals surface area contributed by atoms with E-state index >= 15 is 0 Å². The molecule has 1 aromatic heterocycles. The fourth-order valence-corrected chi connectivity index (χ4v) is 5.98. The van der Waals surface area contributed by atoms with Crippen LogP contribution in [0.1, 0.15) is 62.4 Å². The molecule has 2 heterocycles. The Kier molecular flexibility index (Phi) is 8.68. The molecule has 1 saturated heterocycles. The first-order valence-corrected chi connectivity index (χ1v) is 14.9. The quantitative estimate of drug-likeness (QED) is 0.291. The Labute approximate surface area is 245 Å². The van der Waals surface area contributed by atoms with Crippen molar-refractivity contribution in [2.45, 2.75) is 53.9 Å². The zero-order chi connectivity index (χ0) is 28.3. The SMILES string of the molecule is C/C=C\c1cc(Oc2cc(N3CCN(CC4=C(c5ccc(Cl)cc5)CC(C)(C)CC4)CC3)ccc2C)cnc1C. The maximum absolute atomic E-state index is 6.33. The molecule has 210 valence electrons. The second-order valence-corrected chi connectivity index (χ2v) is 12.5. The number of hydrogen-bond acceptors (Lipinski definition) is 4. The van der Waals surface area contributed by atoms with Crippen molar-refractivity contribution in [2.24, 2.45) is 5.41 Å². The lowest BCUT2D eigenvalue weighted by molar-refractivity contribution is 0.264. The van der Waals surface area contributed by atoms with E-state index in [0.29, 0.717) is 5.41 Å². The predicted octanol–water partition coefficient (Wildman–Crippen LogP) is 8.96. The third kappa shape index (κ3) is 6.79. The van der Waals surface area contributed by atoms with Gasteiger partial charge in [0, 0.05) is 55.2 Å². The van der Waals surface area contributed by atoms with E-state index in [-0.39, 0.29) is 0 Å². The Morgan fingerprint density at radius 2 is 1.75 bits per heavy atom. The topological polar surface area (TPSA) is 28.6 Å². The van der Waals surface area contributed by atoms with Gasteiger partial charge in [0.1, 0.15) is 11.5 Å². The normalized spacial score (nSPS) is 18.0. The maximum Gasteiger partial charge on any atom is 0.146 e. The molecule has 4 nitrogen and oxygen atoms in total. The van der Waals surface area contributed by atoms with Crippen molar-refractivity contribution in [1.82, 2.24) is 9.88 Å². The van der Waals surface area contributed by atoms with Gasteiger partial charge in [-0.2, -0.15) is 0 Å². The second-order valence-electron chi connectivity index (χ2n) is 12.1. The lowest BCUT2D eigenvalue weighted by Gasteiger charge is -2.39. The first-order chi connectivity index (χ1) is 19.2. The number of pyridine rings is 1. The number of piperazine rings is 1. The first-order valence-electron chi connectivity index (χ1n) is 14.5. The molecule has 1 fully saturated rings. The van der Waals surface area contributed by atoms with E-state index in [4.69, 9.17) is 16.3 Å². The number of nitrogens with zero attached hydrogens (tertiary/aromatic N) is 3. The molecular formula is C35H42ClN3O. The Morgan fingerprint density at radius 3 is 2.48 bits per heavy atom. The summed E-state index contributed by atoms with van der Waals surface area (Å²) >= 11 is 6.20. The van der Waals surface area contributed by atoms with Gasteiger partial charge in [-0.25, -0.2) is 0 Å². The minimum Gasteiger partial charge on any atom is -0.455 e. The zero-order valence-corrected chi connectivity index (χ0v) is 25.4. The van der Waals surface area contributed by atoms with Crippen molar-refractivity contribution >= 4 is 28.9 Å². The standard InChI is InChI=1S/C35H42ClN3O/c1-6-7-28-20-32(23-37-26(28)3)40-34-21-31(13-8-25(34)2)39-18-16-38(17-19-39)24-29-14-15-35(4,5)22-33(29)27-9-11-30(36)12-10-27/h6-13,20-21,23H,14-19,22,24H2,1-5H3/b7-6-. The lowest BCUT2D eigenvalue weighted by atomic mass is 9.72. The fraction of sp³-hybridized carbons (Fsp3) is 0.400. The van der Waals surface area contributed by atoms with Crippen LogP contribution < -0.4 is 9.64 Å². The van der Waals surface area contributed by atoms with E-state index in [1.54, 1.807) is 5.57 Å². The van der Waals surface area contributed by atoms with Crippen LogP contribution in [-0.4, -0.2) is 42.6 Å². The van der Waals surface area contributed by atoms with Crippen LogP contribution in [0, 0.1) is 19.3 Å². The second kappa shape index (κ2) is 12.2. The van der Waals surface area contributed by atoms with Gasteiger partial charge < -0.3 is 9.64 Å². The number of aryl methyl sites for hydroxylation is 2. The summed E-state index contributed by atoms with van der Waals surface area (Å²) in [5.41, 5.74) is 9.23. The van der Waals surface area contributed by atoms with Crippen molar-refractivity contribution in [2.75, 3.05) is 37.6 Å². The molecule has 0 atom stereocenters. The van der Waals surface area contributed by atoms with Gasteiger partial charge in [-0.1, -0.05) is 61.4 Å². The van der Waals surface area contributed by atoms with E-state index in [1.807, 2.05) is 38.3 Å². The van der Waals surface area contributed by atoms with Gasteiger partial charge in [0.2, 0.25) is 0 Å². The molecule has 5 rings (SSSR count). The van der Waals surface area contributed by atoms with Crippen molar-refractivity contribution in [3.8, 4) is 11.5 Å². The summed E-state index contributed by atoms with van der Waals surface area (Å²) in [7, 11) is 0. The van der Waals surface area contributed by atoms with Gasteiger partial charge in [0.05, 0.1) is 6.20 Å². The Balaban J connectivity index is 1.26. The van der Waals surface area contributed by atoms with Crippen molar-refractivity contribution < 1.29 is 4.74 Å². The minimum atomic E-state index is 0.339. The molecule has 1 aliphatic carbocycles. The predicted molar refractivity (Wildman–Crippen MR) is 170 cm³/mol. The monoisotopic (exact) mass is 555 g/mol. The molecule has 0 amide bonds. The van der Waals surface area contributed by atoms with Crippen molar-refractivity contribution in [1.29, 1.82) is 0 Å². The number of rotatable bonds is 7. The van der Waals surface area contributed by atoms with Crippen LogP contribution >= 0.6 is 11.6 Å². The van der Waals surface area contributed by atoms with Crippen LogP contribution in [0.2, 0.25) is 5.02 Å². The third-order valence-corrected chi connectivity index (χ3v) is 8.63. The number of benzene rings is 2. The molecule has 0 unspecified atom stereocenters. The maximum atomic E-state index is 6.33. The summed E-state index contributed by atoms with van der Waals surface area (Å²) in [6.45, 7) is 16.1. The summed E-state index contributed by atoms with van der Waals surface area (Å²) in [4.78, 5) is 9.64. The molecule has 2 aliphatic rings. The number of halogens is 1. The molecule has 0 spiro atoms. The van der Waals surface area contributed by atoms with E-state index in [2.05, 4.69) is 78.0 Å². The minimum absolute atomic E-state index is 0.339. The fourth-order valence-electron chi connectivity index (χ4n) is 5.85. The van der Waals surface area contributed by atoms with E-state index in [9.17, 15) is 0 Å². The summed E-state index contributed by atoms with van der Waals surface area (Å²) in [6.07, 6.45) is 9.46. The largest absolute Gasteiger partial charge is 0.455 e. The Hall–Kier alpha value is -3.08. The highest BCUT2D eigenvalue weighted by Gasteiger charge is 2.29. The summed E-state index contributed by atoms with van der Waals surface area (Å²) in [6, 6.07) is 17.1. The molecule has 0 radical (unpaired) electrons. The summed E-state index contributed by atoms with van der Waals surface area (Å²) < 4.78 is 6.33. The molecule has 1 aliphatic heterocycles. The van der Waals surface area contributed by atoms with E-state index < -0.39 is 0 Å². The van der Waals surface area contributed by atoms with Crippen LogP contribution in [0.25, 0.3) is 11.6 Å². The van der Waals surface area contributed by atoms with Crippen molar-refractivity contribution in [3.05, 3.63) is 93.8 Å². The molecule has 0 bridgehead atoms. The highest BCUT2D eigenvalue weighted by atomic mass is 35.5. The van der Waals surface area contributed by atoms with Crippen LogP contribution in [-0.2, 0) is 0 Å². The van der Waals surface area contributed by atoms with E-state index in [0.717, 1.165) is 72.5 Å². The van der Waals surface area contributed by atoms with Crippen LogP contribution in [0.3, 0.4) is 0 Å². The number of hydrogen-bond donors (Lipinski definition) is 0. The van der Waals surface area contributed by atoms with Crippen molar-refractivity contribution in [3.63, 3.8) is 0 Å². The zero-order valence-electron chi connectivity index (χ0n) is 24.6. The molecular weight excluding hydrogens is 514 g/mol. The highest BCUT2D eigenvalue weighted by Crippen LogP contribution is 2.43. The van der Waals surface area contributed by atoms with Gasteiger partial charge >= 0.3 is 0 Å². The molecule has 5 heteroatoms. The summed E-state index contributed by atoms with van der Waals surface area (Å²) in [5, 5.41) is 0.802. The third-order valence-electron chi connectivity index (χ3n) is 8.38. The number of allylic oxidation sites excluding steroid dienone is 2.